The molecule has 0 saturated heterocycles. The number of aromatic nitrogens is 2. The van der Waals surface area contributed by atoms with Crippen molar-refractivity contribution < 1.29 is 9.50 Å². The Morgan fingerprint density at radius 2 is 2.04 bits per heavy atom. The number of aliphatic hydroxyl groups excluding tert-OH is 1. The van der Waals surface area contributed by atoms with Gasteiger partial charge in [-0.05, 0) is 73.7 Å². The summed E-state index contributed by atoms with van der Waals surface area (Å²) in [6.45, 7) is 2.42. The molecule has 1 aromatic heterocycles. The summed E-state index contributed by atoms with van der Waals surface area (Å²) in [6.07, 6.45) is 10.1. The molecule has 4 heteroatoms. The van der Waals surface area contributed by atoms with E-state index in [4.69, 9.17) is 0 Å². The van der Waals surface area contributed by atoms with Crippen molar-refractivity contribution in [3.63, 3.8) is 0 Å². The van der Waals surface area contributed by atoms with Crippen molar-refractivity contribution in [2.45, 2.75) is 57.6 Å². The van der Waals surface area contributed by atoms with Gasteiger partial charge in [-0.1, -0.05) is 19.1 Å². The van der Waals surface area contributed by atoms with E-state index in [1.54, 1.807) is 18.5 Å². The van der Waals surface area contributed by atoms with E-state index in [0.29, 0.717) is 6.42 Å². The molecular formula is C23H27FN2O. The number of imidazole rings is 1. The zero-order valence-corrected chi connectivity index (χ0v) is 15.8. The topological polar surface area (TPSA) is 38.1 Å². The predicted octanol–water partition coefficient (Wildman–Crippen LogP) is 4.81. The van der Waals surface area contributed by atoms with Gasteiger partial charge in [-0.3, -0.25) is 0 Å². The van der Waals surface area contributed by atoms with E-state index in [1.807, 2.05) is 12.3 Å². The molecule has 7 rings (SSSR count). The fourth-order valence-corrected chi connectivity index (χ4v) is 7.44. The fraction of sp³-hybridized carbons (Fsp3) is 0.609. The summed E-state index contributed by atoms with van der Waals surface area (Å²) in [5.74, 6) is 3.01. The van der Waals surface area contributed by atoms with Crippen molar-refractivity contribution in [1.29, 1.82) is 0 Å². The van der Waals surface area contributed by atoms with Crippen molar-refractivity contribution in [2.24, 2.45) is 29.1 Å². The van der Waals surface area contributed by atoms with Crippen LogP contribution in [-0.2, 0) is 0 Å². The van der Waals surface area contributed by atoms with Crippen molar-refractivity contribution in [3.05, 3.63) is 42.1 Å². The minimum atomic E-state index is -0.371. The zero-order valence-electron chi connectivity index (χ0n) is 15.8. The predicted molar refractivity (Wildman–Crippen MR) is 102 cm³/mol. The summed E-state index contributed by atoms with van der Waals surface area (Å²) in [6, 6.07) is 5.15. The highest BCUT2D eigenvalue weighted by atomic mass is 19.1. The Morgan fingerprint density at radius 3 is 2.81 bits per heavy atom. The van der Waals surface area contributed by atoms with E-state index in [1.165, 1.54) is 19.3 Å². The minimum absolute atomic E-state index is 0.0533. The van der Waals surface area contributed by atoms with Crippen LogP contribution in [-0.4, -0.2) is 20.8 Å². The molecule has 1 N–H and O–H groups in total. The first kappa shape index (κ1) is 16.3. The number of nitrogens with zero attached hydrogens (tertiary/aromatic N) is 2. The third-order valence-electron chi connectivity index (χ3n) is 8.61. The van der Waals surface area contributed by atoms with Gasteiger partial charge < -0.3 is 9.67 Å². The summed E-state index contributed by atoms with van der Waals surface area (Å²) in [5.41, 5.74) is 2.70. The van der Waals surface area contributed by atoms with Crippen LogP contribution in [0.1, 0.15) is 57.1 Å². The first-order chi connectivity index (χ1) is 13.1. The largest absolute Gasteiger partial charge is 0.392 e. The van der Waals surface area contributed by atoms with Gasteiger partial charge in [0.15, 0.2) is 0 Å². The third-order valence-corrected chi connectivity index (χ3v) is 8.61. The molecule has 4 bridgehead atoms. The van der Waals surface area contributed by atoms with Crippen LogP contribution in [0.4, 0.5) is 4.39 Å². The molecule has 142 valence electrons. The third kappa shape index (κ3) is 2.14. The Morgan fingerprint density at radius 1 is 1.26 bits per heavy atom. The van der Waals surface area contributed by atoms with Gasteiger partial charge in [0.05, 0.1) is 30.4 Å². The Labute approximate surface area is 159 Å². The van der Waals surface area contributed by atoms with Crippen LogP contribution < -0.4 is 0 Å². The average molecular weight is 366 g/mol. The van der Waals surface area contributed by atoms with E-state index >= 15 is 0 Å². The molecule has 0 amide bonds. The molecule has 4 fully saturated rings. The zero-order chi connectivity index (χ0) is 18.3. The second kappa shape index (κ2) is 5.44. The maximum atomic E-state index is 14.7. The van der Waals surface area contributed by atoms with Crippen LogP contribution in [0.25, 0.3) is 11.3 Å². The molecule has 2 heterocycles. The molecule has 4 atom stereocenters. The summed E-state index contributed by atoms with van der Waals surface area (Å²) in [7, 11) is 0. The van der Waals surface area contributed by atoms with Crippen LogP contribution in [0, 0.1) is 34.9 Å². The number of hydrogen-bond acceptors (Lipinski definition) is 2. The van der Waals surface area contributed by atoms with Crippen molar-refractivity contribution in [1.82, 2.24) is 9.55 Å². The minimum Gasteiger partial charge on any atom is -0.392 e. The second-order valence-electron chi connectivity index (χ2n) is 9.85. The molecule has 5 aliphatic rings. The molecule has 3 nitrogen and oxygen atoms in total. The lowest BCUT2D eigenvalue weighted by Crippen LogP contribution is -2.55. The van der Waals surface area contributed by atoms with Crippen molar-refractivity contribution in [3.8, 4) is 11.3 Å². The molecule has 1 aromatic carbocycles. The Kier molecular flexibility index (Phi) is 3.28. The van der Waals surface area contributed by atoms with Crippen LogP contribution >= 0.6 is 0 Å². The van der Waals surface area contributed by atoms with Gasteiger partial charge in [0, 0.05) is 11.1 Å². The number of halogens is 1. The average Bonchev–Trinajstić information content (AvgIpc) is 3.22. The molecule has 4 unspecified atom stereocenters. The molecule has 27 heavy (non-hydrogen) atoms. The Hall–Kier alpha value is -1.68. The first-order valence-electron chi connectivity index (χ1n) is 10.5. The molecule has 0 radical (unpaired) electrons. The molecular weight excluding hydrogens is 339 g/mol. The second-order valence-corrected chi connectivity index (χ2v) is 9.85. The van der Waals surface area contributed by atoms with E-state index in [-0.39, 0.29) is 23.4 Å². The van der Waals surface area contributed by atoms with Gasteiger partial charge >= 0.3 is 0 Å². The Balaban J connectivity index is 1.35. The molecule has 4 aliphatic carbocycles. The summed E-state index contributed by atoms with van der Waals surface area (Å²) in [4.78, 5) is 4.29. The lowest BCUT2D eigenvalue weighted by atomic mass is 9.45. The molecule has 4 saturated carbocycles. The summed E-state index contributed by atoms with van der Waals surface area (Å²) < 4.78 is 16.8. The SMILES string of the molecule is CC1C2CC3CC1CC(C(O)CC1c4c(F)cccc4-c4cncn41)(C3)C2. The monoisotopic (exact) mass is 366 g/mol. The van der Waals surface area contributed by atoms with Crippen LogP contribution in [0.2, 0.25) is 0 Å². The van der Waals surface area contributed by atoms with E-state index in [9.17, 15) is 9.50 Å². The summed E-state index contributed by atoms with van der Waals surface area (Å²) >= 11 is 0. The van der Waals surface area contributed by atoms with Crippen LogP contribution in [0.3, 0.4) is 0 Å². The van der Waals surface area contributed by atoms with Crippen LogP contribution in [0.15, 0.2) is 30.7 Å². The van der Waals surface area contributed by atoms with Gasteiger partial charge in [-0.2, -0.15) is 0 Å². The quantitative estimate of drug-likeness (QED) is 0.847. The van der Waals surface area contributed by atoms with Crippen molar-refractivity contribution >= 4 is 0 Å². The van der Waals surface area contributed by atoms with E-state index in [0.717, 1.165) is 53.3 Å². The lowest BCUT2D eigenvalue weighted by molar-refractivity contribution is -0.146. The number of rotatable bonds is 3. The van der Waals surface area contributed by atoms with Gasteiger partial charge in [0.25, 0.3) is 0 Å². The first-order valence-corrected chi connectivity index (χ1v) is 10.5. The standard InChI is InChI=1S/C23H27FN2O/c1-13-15-5-14-6-16(13)10-23(8-14,9-15)21(27)7-19-22-17(3-2-4-18(22)24)20-11-25-12-26(19)20/h2-4,11-16,19,21,27H,5-10H2,1H3. The van der Waals surface area contributed by atoms with Gasteiger partial charge in [-0.15, -0.1) is 0 Å². The smallest absolute Gasteiger partial charge is 0.129 e. The number of aliphatic hydroxyl groups is 1. The number of fused-ring (bicyclic) bond motifs is 3. The maximum Gasteiger partial charge on any atom is 0.129 e. The molecule has 2 aromatic rings. The fourth-order valence-electron chi connectivity index (χ4n) is 7.44. The van der Waals surface area contributed by atoms with Crippen LogP contribution in [0.5, 0.6) is 0 Å². The highest BCUT2D eigenvalue weighted by Gasteiger charge is 2.57. The molecule has 1 aliphatic heterocycles. The highest BCUT2D eigenvalue weighted by Crippen LogP contribution is 2.64. The lowest BCUT2D eigenvalue weighted by Gasteiger charge is -2.61. The maximum absolute atomic E-state index is 14.7. The van der Waals surface area contributed by atoms with Gasteiger partial charge in [0.2, 0.25) is 0 Å². The normalized spacial score (nSPS) is 39.4. The van der Waals surface area contributed by atoms with Gasteiger partial charge in [-0.25, -0.2) is 9.37 Å². The number of hydrogen-bond donors (Lipinski definition) is 1. The van der Waals surface area contributed by atoms with Gasteiger partial charge in [0.1, 0.15) is 5.82 Å². The van der Waals surface area contributed by atoms with E-state index < -0.39 is 0 Å². The van der Waals surface area contributed by atoms with Crippen molar-refractivity contribution in [2.75, 3.05) is 0 Å². The van der Waals surface area contributed by atoms with E-state index in [2.05, 4.69) is 16.5 Å². The molecule has 0 spiro atoms. The number of benzene rings is 1. The Bertz CT molecular complexity index is 890. The summed E-state index contributed by atoms with van der Waals surface area (Å²) in [5, 5.41) is 11.5. The highest BCUT2D eigenvalue weighted by molar-refractivity contribution is 5.69.